The SMILES string of the molecule is O=C1NC2(CCCC2)C(=O)N1CN(Cc1ccc(C(F)(F)F)cc1)C1CC1. The first-order chi connectivity index (χ1) is 12.8. The monoisotopic (exact) mass is 381 g/mol. The minimum absolute atomic E-state index is 0.164. The van der Waals surface area contributed by atoms with Crippen molar-refractivity contribution in [2.75, 3.05) is 6.67 Å². The summed E-state index contributed by atoms with van der Waals surface area (Å²) in [7, 11) is 0. The maximum Gasteiger partial charge on any atom is 0.416 e. The summed E-state index contributed by atoms with van der Waals surface area (Å²) in [5.41, 5.74) is -0.681. The lowest BCUT2D eigenvalue weighted by atomic mass is 9.98. The van der Waals surface area contributed by atoms with Crippen molar-refractivity contribution in [3.63, 3.8) is 0 Å². The van der Waals surface area contributed by atoms with E-state index in [-0.39, 0.29) is 24.6 Å². The van der Waals surface area contributed by atoms with Crippen molar-refractivity contribution in [3.05, 3.63) is 35.4 Å². The number of imide groups is 1. The van der Waals surface area contributed by atoms with Gasteiger partial charge in [-0.05, 0) is 43.4 Å². The fraction of sp³-hybridized carbons (Fsp3) is 0.579. The van der Waals surface area contributed by atoms with Gasteiger partial charge >= 0.3 is 12.2 Å². The number of nitrogens with one attached hydrogen (secondary N) is 1. The molecular weight excluding hydrogens is 359 g/mol. The second kappa shape index (κ2) is 6.51. The fourth-order valence-corrected chi connectivity index (χ4v) is 4.07. The largest absolute Gasteiger partial charge is 0.416 e. The van der Waals surface area contributed by atoms with Gasteiger partial charge in [0.1, 0.15) is 5.54 Å². The molecule has 8 heteroatoms. The maximum atomic E-state index is 12.8. The normalized spacial score (nSPS) is 22.1. The zero-order valence-electron chi connectivity index (χ0n) is 14.9. The summed E-state index contributed by atoms with van der Waals surface area (Å²) in [6.07, 6.45) is 0.789. The zero-order valence-corrected chi connectivity index (χ0v) is 14.9. The Morgan fingerprint density at radius 2 is 1.74 bits per heavy atom. The first kappa shape index (κ1) is 18.3. The van der Waals surface area contributed by atoms with Gasteiger partial charge in [-0.1, -0.05) is 25.0 Å². The minimum atomic E-state index is -4.36. The van der Waals surface area contributed by atoms with Crippen LogP contribution < -0.4 is 5.32 Å². The van der Waals surface area contributed by atoms with Gasteiger partial charge in [-0.15, -0.1) is 0 Å². The molecule has 1 N–H and O–H groups in total. The van der Waals surface area contributed by atoms with Crippen LogP contribution in [0.2, 0.25) is 0 Å². The molecule has 3 aliphatic rings. The molecule has 1 aliphatic heterocycles. The smallest absolute Gasteiger partial charge is 0.323 e. The number of hydrogen-bond donors (Lipinski definition) is 1. The number of hydrogen-bond acceptors (Lipinski definition) is 3. The van der Waals surface area contributed by atoms with Crippen LogP contribution in [-0.2, 0) is 17.5 Å². The van der Waals surface area contributed by atoms with Crippen LogP contribution in [0.25, 0.3) is 0 Å². The van der Waals surface area contributed by atoms with Gasteiger partial charge in [0.25, 0.3) is 5.91 Å². The van der Waals surface area contributed by atoms with E-state index in [9.17, 15) is 22.8 Å². The molecule has 4 rings (SSSR count). The number of benzene rings is 1. The Kier molecular flexibility index (Phi) is 4.41. The summed E-state index contributed by atoms with van der Waals surface area (Å²) in [4.78, 5) is 28.5. The molecule has 146 valence electrons. The molecule has 0 aromatic heterocycles. The number of alkyl halides is 3. The van der Waals surface area contributed by atoms with E-state index >= 15 is 0 Å². The summed E-state index contributed by atoms with van der Waals surface area (Å²) >= 11 is 0. The maximum absolute atomic E-state index is 12.8. The summed E-state index contributed by atoms with van der Waals surface area (Å²) < 4.78 is 38.2. The van der Waals surface area contributed by atoms with E-state index in [1.165, 1.54) is 17.0 Å². The van der Waals surface area contributed by atoms with Crippen molar-refractivity contribution in [1.82, 2.24) is 15.1 Å². The van der Waals surface area contributed by atoms with Crippen molar-refractivity contribution < 1.29 is 22.8 Å². The predicted molar refractivity (Wildman–Crippen MR) is 91.5 cm³/mol. The number of urea groups is 1. The number of carbonyl (C=O) groups excluding carboxylic acids is 2. The first-order valence-electron chi connectivity index (χ1n) is 9.33. The summed E-state index contributed by atoms with van der Waals surface area (Å²) in [5.74, 6) is -0.164. The molecule has 3 amide bonds. The molecule has 0 unspecified atom stereocenters. The molecule has 2 aliphatic carbocycles. The summed E-state index contributed by atoms with van der Waals surface area (Å²) in [5, 5.41) is 2.87. The third-order valence-electron chi connectivity index (χ3n) is 5.76. The van der Waals surface area contributed by atoms with E-state index < -0.39 is 17.3 Å². The van der Waals surface area contributed by atoms with Gasteiger partial charge in [0, 0.05) is 12.6 Å². The number of rotatable bonds is 5. The van der Waals surface area contributed by atoms with Crippen molar-refractivity contribution in [3.8, 4) is 0 Å². The lowest BCUT2D eigenvalue weighted by molar-refractivity contribution is -0.137. The molecule has 5 nitrogen and oxygen atoms in total. The second-order valence-corrected chi connectivity index (χ2v) is 7.77. The van der Waals surface area contributed by atoms with Crippen LogP contribution in [0.4, 0.5) is 18.0 Å². The average molecular weight is 381 g/mol. The highest BCUT2D eigenvalue weighted by Gasteiger charge is 2.53. The molecule has 1 saturated heterocycles. The molecule has 2 saturated carbocycles. The topological polar surface area (TPSA) is 52.7 Å². The van der Waals surface area contributed by atoms with E-state index in [0.717, 1.165) is 43.4 Å². The Balaban J connectivity index is 1.46. The Bertz CT molecular complexity index is 738. The van der Waals surface area contributed by atoms with E-state index in [1.807, 2.05) is 4.90 Å². The second-order valence-electron chi connectivity index (χ2n) is 7.77. The Morgan fingerprint density at radius 1 is 1.11 bits per heavy atom. The van der Waals surface area contributed by atoms with E-state index in [2.05, 4.69) is 5.32 Å². The van der Waals surface area contributed by atoms with Crippen LogP contribution in [0.3, 0.4) is 0 Å². The van der Waals surface area contributed by atoms with Crippen molar-refractivity contribution in [1.29, 1.82) is 0 Å². The number of amides is 3. The highest BCUT2D eigenvalue weighted by molar-refractivity contribution is 6.07. The molecule has 1 aromatic rings. The van der Waals surface area contributed by atoms with Gasteiger partial charge < -0.3 is 5.32 Å². The van der Waals surface area contributed by atoms with Crippen LogP contribution in [-0.4, -0.2) is 40.0 Å². The summed E-state index contributed by atoms with van der Waals surface area (Å²) in [6, 6.07) is 4.96. The van der Waals surface area contributed by atoms with Gasteiger partial charge in [0.05, 0.1) is 12.2 Å². The van der Waals surface area contributed by atoms with Crippen molar-refractivity contribution >= 4 is 11.9 Å². The fourth-order valence-electron chi connectivity index (χ4n) is 4.07. The molecule has 1 aromatic carbocycles. The standard InChI is InChI=1S/C19H22F3N3O2/c20-19(21,22)14-5-3-13(4-6-14)11-24(15-7-8-15)12-25-16(26)18(23-17(25)27)9-1-2-10-18/h3-6,15H,1-2,7-12H2,(H,23,27). The van der Waals surface area contributed by atoms with E-state index in [1.54, 1.807) is 0 Å². The predicted octanol–water partition coefficient (Wildman–Crippen LogP) is 3.49. The lowest BCUT2D eigenvalue weighted by Crippen LogP contribution is -2.46. The van der Waals surface area contributed by atoms with Gasteiger partial charge in [0.15, 0.2) is 0 Å². The number of halogens is 3. The molecule has 3 fully saturated rings. The third kappa shape index (κ3) is 3.54. The molecule has 1 heterocycles. The lowest BCUT2D eigenvalue weighted by Gasteiger charge is -2.27. The quantitative estimate of drug-likeness (QED) is 0.795. The van der Waals surface area contributed by atoms with Crippen molar-refractivity contribution in [2.45, 2.75) is 62.8 Å². The molecule has 1 spiro atoms. The number of carbonyl (C=O) groups is 2. The molecule has 0 radical (unpaired) electrons. The Morgan fingerprint density at radius 3 is 2.30 bits per heavy atom. The molecule has 0 atom stereocenters. The highest BCUT2D eigenvalue weighted by atomic mass is 19.4. The molecule has 27 heavy (non-hydrogen) atoms. The summed E-state index contributed by atoms with van der Waals surface area (Å²) in [6.45, 7) is 0.588. The highest BCUT2D eigenvalue weighted by Crippen LogP contribution is 2.36. The van der Waals surface area contributed by atoms with Gasteiger partial charge in [-0.2, -0.15) is 13.2 Å². The minimum Gasteiger partial charge on any atom is -0.323 e. The van der Waals surface area contributed by atoms with Crippen LogP contribution in [0.5, 0.6) is 0 Å². The van der Waals surface area contributed by atoms with Crippen molar-refractivity contribution in [2.24, 2.45) is 0 Å². The van der Waals surface area contributed by atoms with Gasteiger partial charge in [-0.3, -0.25) is 9.69 Å². The molecule has 0 bridgehead atoms. The van der Waals surface area contributed by atoms with Gasteiger partial charge in [-0.25, -0.2) is 9.69 Å². The average Bonchev–Trinajstić information content (AvgIpc) is 3.31. The Labute approximate surface area is 155 Å². The zero-order chi connectivity index (χ0) is 19.2. The van der Waals surface area contributed by atoms with E-state index in [0.29, 0.717) is 19.4 Å². The first-order valence-corrected chi connectivity index (χ1v) is 9.33. The third-order valence-corrected chi connectivity index (χ3v) is 5.76. The number of nitrogens with zero attached hydrogens (tertiary/aromatic N) is 2. The Hall–Kier alpha value is -2.09. The van der Waals surface area contributed by atoms with E-state index in [4.69, 9.17) is 0 Å². The molecular formula is C19H22F3N3O2. The van der Waals surface area contributed by atoms with Crippen LogP contribution in [0.1, 0.15) is 49.7 Å². The van der Waals surface area contributed by atoms with Crippen LogP contribution in [0.15, 0.2) is 24.3 Å². The van der Waals surface area contributed by atoms with Crippen LogP contribution >= 0.6 is 0 Å². The van der Waals surface area contributed by atoms with Gasteiger partial charge in [0.2, 0.25) is 0 Å². The van der Waals surface area contributed by atoms with Crippen LogP contribution in [0, 0.1) is 0 Å².